The minimum Gasteiger partial charge on any atom is -0.480 e. The maximum Gasteiger partial charge on any atom is 0.326 e. The van der Waals surface area contributed by atoms with E-state index in [4.69, 9.17) is 10.4 Å². The number of amides is 2. The van der Waals surface area contributed by atoms with Crippen LogP contribution in [0.1, 0.15) is 30.4 Å². The number of carbonyl (C=O) groups is 2. The highest BCUT2D eigenvalue weighted by atomic mass is 16.4. The van der Waals surface area contributed by atoms with Crippen LogP contribution in [0.15, 0.2) is 24.3 Å². The number of hydrogen-bond acceptors (Lipinski definition) is 3. The first-order valence-electron chi connectivity index (χ1n) is 6.88. The zero-order chi connectivity index (χ0) is 15.2. The molecule has 1 aromatic rings. The summed E-state index contributed by atoms with van der Waals surface area (Å²) in [6.07, 6.45) is 2.14. The molecule has 21 heavy (non-hydrogen) atoms. The van der Waals surface area contributed by atoms with E-state index >= 15 is 0 Å². The second-order valence-corrected chi connectivity index (χ2v) is 5.01. The van der Waals surface area contributed by atoms with Crippen molar-refractivity contribution in [1.82, 2.24) is 10.2 Å². The monoisotopic (exact) mass is 287 g/mol. The Hall–Kier alpha value is -2.55. The normalized spacial score (nSPS) is 17.9. The van der Waals surface area contributed by atoms with E-state index in [1.807, 2.05) is 12.1 Å². The van der Waals surface area contributed by atoms with Crippen LogP contribution < -0.4 is 5.32 Å². The van der Waals surface area contributed by atoms with Gasteiger partial charge in [0.2, 0.25) is 0 Å². The van der Waals surface area contributed by atoms with E-state index < -0.39 is 12.0 Å². The van der Waals surface area contributed by atoms with Crippen molar-refractivity contribution in [3.8, 4) is 6.07 Å². The van der Waals surface area contributed by atoms with Gasteiger partial charge in [-0.15, -0.1) is 0 Å². The minimum atomic E-state index is -0.962. The van der Waals surface area contributed by atoms with Gasteiger partial charge in [0, 0.05) is 13.1 Å². The highest BCUT2D eigenvalue weighted by Crippen LogP contribution is 2.17. The van der Waals surface area contributed by atoms with Crippen LogP contribution in [0.3, 0.4) is 0 Å². The van der Waals surface area contributed by atoms with E-state index in [-0.39, 0.29) is 12.6 Å². The molecular formula is C15H17N3O3. The van der Waals surface area contributed by atoms with Gasteiger partial charge < -0.3 is 15.3 Å². The van der Waals surface area contributed by atoms with Crippen LogP contribution in [0, 0.1) is 11.3 Å². The van der Waals surface area contributed by atoms with Crippen molar-refractivity contribution in [2.24, 2.45) is 0 Å². The van der Waals surface area contributed by atoms with E-state index in [9.17, 15) is 9.59 Å². The van der Waals surface area contributed by atoms with Crippen molar-refractivity contribution in [2.75, 3.05) is 6.54 Å². The maximum absolute atomic E-state index is 12.1. The largest absolute Gasteiger partial charge is 0.480 e. The molecule has 6 nitrogen and oxygen atoms in total. The summed E-state index contributed by atoms with van der Waals surface area (Å²) < 4.78 is 0. The molecule has 2 amide bonds. The molecule has 0 aromatic heterocycles. The Labute approximate surface area is 123 Å². The van der Waals surface area contributed by atoms with Gasteiger partial charge in [-0.25, -0.2) is 9.59 Å². The first-order valence-corrected chi connectivity index (χ1v) is 6.88. The lowest BCUT2D eigenvalue weighted by atomic mass is 10.0. The molecule has 1 saturated heterocycles. The molecule has 0 bridgehead atoms. The standard InChI is InChI=1S/C15H17N3O3/c16-9-11-4-3-5-12(8-11)10-17-15(21)18-7-2-1-6-13(18)14(19)20/h3-5,8,13H,1-2,6-7,10H2,(H,17,21)(H,19,20). The first kappa shape index (κ1) is 14.9. The molecule has 1 heterocycles. The zero-order valence-electron chi connectivity index (χ0n) is 11.6. The van der Waals surface area contributed by atoms with Crippen LogP contribution in [0.5, 0.6) is 0 Å². The summed E-state index contributed by atoms with van der Waals surface area (Å²) in [5, 5.41) is 20.7. The molecule has 1 aromatic carbocycles. The van der Waals surface area contributed by atoms with Crippen molar-refractivity contribution in [1.29, 1.82) is 5.26 Å². The molecule has 2 rings (SSSR count). The van der Waals surface area contributed by atoms with E-state index in [2.05, 4.69) is 5.32 Å². The fraction of sp³-hybridized carbons (Fsp3) is 0.400. The minimum absolute atomic E-state index is 0.275. The number of carboxylic acids is 1. The molecular weight excluding hydrogens is 270 g/mol. The summed E-state index contributed by atoms with van der Waals surface area (Å²) in [5.74, 6) is -0.962. The van der Waals surface area contributed by atoms with Crippen LogP contribution >= 0.6 is 0 Å². The number of likely N-dealkylation sites (tertiary alicyclic amines) is 1. The fourth-order valence-corrected chi connectivity index (χ4v) is 2.46. The van der Waals surface area contributed by atoms with Gasteiger partial charge in [0.1, 0.15) is 6.04 Å². The van der Waals surface area contributed by atoms with Gasteiger partial charge in [-0.05, 0) is 37.0 Å². The topological polar surface area (TPSA) is 93.4 Å². The molecule has 0 aliphatic carbocycles. The highest BCUT2D eigenvalue weighted by molar-refractivity contribution is 5.82. The smallest absolute Gasteiger partial charge is 0.326 e. The Morgan fingerprint density at radius 1 is 1.43 bits per heavy atom. The number of rotatable bonds is 3. The molecule has 0 spiro atoms. The summed E-state index contributed by atoms with van der Waals surface area (Å²) in [6, 6.07) is 7.88. The lowest BCUT2D eigenvalue weighted by Gasteiger charge is -2.32. The summed E-state index contributed by atoms with van der Waals surface area (Å²) in [5.41, 5.74) is 1.34. The van der Waals surface area contributed by atoms with Crippen molar-refractivity contribution in [3.05, 3.63) is 35.4 Å². The molecule has 2 N–H and O–H groups in total. The van der Waals surface area contributed by atoms with Gasteiger partial charge >= 0.3 is 12.0 Å². The van der Waals surface area contributed by atoms with Crippen molar-refractivity contribution in [3.63, 3.8) is 0 Å². The van der Waals surface area contributed by atoms with Gasteiger partial charge in [0.25, 0.3) is 0 Å². The third kappa shape index (κ3) is 3.72. The number of carboxylic acid groups (broad SMARTS) is 1. The number of nitriles is 1. The average Bonchev–Trinajstić information content (AvgIpc) is 2.52. The number of hydrogen-bond donors (Lipinski definition) is 2. The number of nitrogens with zero attached hydrogens (tertiary/aromatic N) is 2. The number of benzene rings is 1. The Bertz CT molecular complexity index is 580. The van der Waals surface area contributed by atoms with Crippen LogP contribution in [0.2, 0.25) is 0 Å². The molecule has 1 atom stereocenters. The van der Waals surface area contributed by atoms with Gasteiger partial charge in [-0.2, -0.15) is 5.26 Å². The number of urea groups is 1. The first-order chi connectivity index (χ1) is 10.1. The van der Waals surface area contributed by atoms with Crippen LogP contribution in [0.25, 0.3) is 0 Å². The number of carbonyl (C=O) groups excluding carboxylic acids is 1. The van der Waals surface area contributed by atoms with Crippen molar-refractivity contribution in [2.45, 2.75) is 31.8 Å². The highest BCUT2D eigenvalue weighted by Gasteiger charge is 2.31. The van der Waals surface area contributed by atoms with E-state index in [0.717, 1.165) is 18.4 Å². The van der Waals surface area contributed by atoms with Crippen molar-refractivity contribution < 1.29 is 14.7 Å². The van der Waals surface area contributed by atoms with E-state index in [0.29, 0.717) is 18.5 Å². The average molecular weight is 287 g/mol. The summed E-state index contributed by atoms with van der Waals surface area (Å²) in [7, 11) is 0. The van der Waals surface area contributed by atoms with Crippen LogP contribution in [-0.4, -0.2) is 34.6 Å². The summed E-state index contributed by atoms with van der Waals surface area (Å²) in [6.45, 7) is 0.734. The van der Waals surface area contributed by atoms with Gasteiger partial charge in [-0.1, -0.05) is 12.1 Å². The Morgan fingerprint density at radius 2 is 2.24 bits per heavy atom. The predicted octanol–water partition coefficient (Wildman–Crippen LogP) is 1.71. The molecule has 0 saturated carbocycles. The molecule has 6 heteroatoms. The quantitative estimate of drug-likeness (QED) is 0.885. The zero-order valence-corrected chi connectivity index (χ0v) is 11.6. The Kier molecular flexibility index (Phi) is 4.77. The fourth-order valence-electron chi connectivity index (χ4n) is 2.46. The molecule has 1 unspecified atom stereocenters. The second kappa shape index (κ2) is 6.75. The van der Waals surface area contributed by atoms with Crippen LogP contribution in [-0.2, 0) is 11.3 Å². The summed E-state index contributed by atoms with van der Waals surface area (Å²) >= 11 is 0. The SMILES string of the molecule is N#Cc1cccc(CNC(=O)N2CCCCC2C(=O)O)c1. The molecule has 0 radical (unpaired) electrons. The van der Waals surface area contributed by atoms with Gasteiger partial charge in [0.15, 0.2) is 0 Å². The lowest BCUT2D eigenvalue weighted by molar-refractivity contribution is -0.143. The predicted molar refractivity (Wildman–Crippen MR) is 75.4 cm³/mol. The molecule has 1 aliphatic rings. The van der Waals surface area contributed by atoms with Crippen LogP contribution in [0.4, 0.5) is 4.79 Å². The molecule has 1 aliphatic heterocycles. The number of aliphatic carboxylic acids is 1. The maximum atomic E-state index is 12.1. The van der Waals surface area contributed by atoms with Gasteiger partial charge in [0.05, 0.1) is 11.6 Å². The number of piperidine rings is 1. The Balaban J connectivity index is 1.97. The van der Waals surface area contributed by atoms with Gasteiger partial charge in [-0.3, -0.25) is 0 Å². The summed E-state index contributed by atoms with van der Waals surface area (Å²) in [4.78, 5) is 24.7. The third-order valence-corrected chi connectivity index (χ3v) is 3.55. The Morgan fingerprint density at radius 3 is 2.95 bits per heavy atom. The van der Waals surface area contributed by atoms with E-state index in [1.54, 1.807) is 18.2 Å². The van der Waals surface area contributed by atoms with E-state index in [1.165, 1.54) is 4.90 Å². The lowest BCUT2D eigenvalue weighted by Crippen LogP contribution is -2.51. The molecule has 1 fully saturated rings. The number of nitrogens with one attached hydrogen (secondary N) is 1. The molecule has 110 valence electrons. The third-order valence-electron chi connectivity index (χ3n) is 3.55. The second-order valence-electron chi connectivity index (χ2n) is 5.01. The van der Waals surface area contributed by atoms with Crippen molar-refractivity contribution >= 4 is 12.0 Å².